The summed E-state index contributed by atoms with van der Waals surface area (Å²) >= 11 is 5.08. The SMILES string of the molecule is Cc1cnoc1C(=O)Cl. The summed E-state index contributed by atoms with van der Waals surface area (Å²) in [5, 5.41) is 2.76. The lowest BCUT2D eigenvalue weighted by atomic mass is 10.3. The van der Waals surface area contributed by atoms with E-state index in [1.165, 1.54) is 6.20 Å². The maximum absolute atomic E-state index is 10.4. The zero-order valence-corrected chi connectivity index (χ0v) is 5.47. The summed E-state index contributed by atoms with van der Waals surface area (Å²) in [6.45, 7) is 1.70. The van der Waals surface area contributed by atoms with Crippen molar-refractivity contribution >= 4 is 16.8 Å². The van der Waals surface area contributed by atoms with Crippen LogP contribution in [0.3, 0.4) is 0 Å². The van der Waals surface area contributed by atoms with Crippen LogP contribution in [0.15, 0.2) is 10.7 Å². The van der Waals surface area contributed by atoms with Crippen LogP contribution in [-0.4, -0.2) is 10.4 Å². The van der Waals surface area contributed by atoms with Gasteiger partial charge in [-0.05, 0) is 18.5 Å². The van der Waals surface area contributed by atoms with E-state index in [0.29, 0.717) is 5.56 Å². The number of carbonyl (C=O) groups is 1. The molecule has 0 bridgehead atoms. The highest BCUT2D eigenvalue weighted by Gasteiger charge is 2.09. The molecule has 1 aromatic rings. The Labute approximate surface area is 56.6 Å². The van der Waals surface area contributed by atoms with E-state index in [-0.39, 0.29) is 5.76 Å². The summed E-state index contributed by atoms with van der Waals surface area (Å²) in [6, 6.07) is 0. The number of halogens is 1. The van der Waals surface area contributed by atoms with Crippen LogP contribution in [0.25, 0.3) is 0 Å². The summed E-state index contributed by atoms with van der Waals surface area (Å²) in [5.74, 6) is 0.122. The average molecular weight is 146 g/mol. The Morgan fingerprint density at radius 2 is 2.56 bits per heavy atom. The average Bonchev–Trinajstić information content (AvgIpc) is 2.13. The number of nitrogens with zero attached hydrogens (tertiary/aromatic N) is 1. The van der Waals surface area contributed by atoms with Crippen LogP contribution < -0.4 is 0 Å². The van der Waals surface area contributed by atoms with E-state index in [9.17, 15) is 4.79 Å². The van der Waals surface area contributed by atoms with Crippen molar-refractivity contribution in [3.63, 3.8) is 0 Å². The normalized spacial score (nSPS) is 9.56. The maximum atomic E-state index is 10.4. The van der Waals surface area contributed by atoms with Crippen LogP contribution in [0.5, 0.6) is 0 Å². The smallest absolute Gasteiger partial charge is 0.290 e. The van der Waals surface area contributed by atoms with Gasteiger partial charge in [0.1, 0.15) is 0 Å². The predicted molar refractivity (Wildman–Crippen MR) is 31.4 cm³/mol. The monoisotopic (exact) mass is 145 g/mol. The van der Waals surface area contributed by atoms with Gasteiger partial charge in [0, 0.05) is 5.56 Å². The van der Waals surface area contributed by atoms with Crippen molar-refractivity contribution in [2.75, 3.05) is 0 Å². The highest BCUT2D eigenvalue weighted by molar-refractivity contribution is 6.67. The first-order valence-corrected chi connectivity index (χ1v) is 2.70. The number of hydrogen-bond donors (Lipinski definition) is 0. The minimum Gasteiger partial charge on any atom is -0.351 e. The summed E-state index contributed by atoms with van der Waals surface area (Å²) < 4.78 is 4.49. The lowest BCUT2D eigenvalue weighted by Gasteiger charge is -1.81. The van der Waals surface area contributed by atoms with Crippen molar-refractivity contribution in [3.8, 4) is 0 Å². The Hall–Kier alpha value is -0.830. The van der Waals surface area contributed by atoms with E-state index in [2.05, 4.69) is 9.68 Å². The molecule has 0 spiro atoms. The maximum Gasteiger partial charge on any atom is 0.290 e. The molecule has 0 fully saturated rings. The second-order valence-electron chi connectivity index (χ2n) is 1.61. The van der Waals surface area contributed by atoms with E-state index < -0.39 is 5.24 Å². The summed E-state index contributed by atoms with van der Waals surface area (Å²) in [5.41, 5.74) is 0.662. The molecule has 0 radical (unpaired) electrons. The molecule has 1 rings (SSSR count). The first kappa shape index (κ1) is 6.29. The molecule has 48 valence electrons. The van der Waals surface area contributed by atoms with E-state index >= 15 is 0 Å². The van der Waals surface area contributed by atoms with E-state index in [1.807, 2.05) is 0 Å². The van der Waals surface area contributed by atoms with Gasteiger partial charge in [-0.3, -0.25) is 4.79 Å². The summed E-state index contributed by atoms with van der Waals surface area (Å²) in [7, 11) is 0. The molecule has 0 saturated carbocycles. The standard InChI is InChI=1S/C5H4ClNO2/c1-3-2-7-9-4(3)5(6)8/h2H,1H3. The molecule has 9 heavy (non-hydrogen) atoms. The van der Waals surface area contributed by atoms with Crippen molar-refractivity contribution < 1.29 is 9.32 Å². The zero-order valence-electron chi connectivity index (χ0n) is 4.72. The molecule has 0 unspecified atom stereocenters. The van der Waals surface area contributed by atoms with Crippen molar-refractivity contribution in [2.24, 2.45) is 0 Å². The van der Waals surface area contributed by atoms with Crippen LogP contribution >= 0.6 is 11.6 Å². The first-order valence-electron chi connectivity index (χ1n) is 2.33. The summed E-state index contributed by atoms with van der Waals surface area (Å²) in [6.07, 6.45) is 1.44. The van der Waals surface area contributed by atoms with Crippen LogP contribution in [-0.2, 0) is 0 Å². The van der Waals surface area contributed by atoms with Gasteiger partial charge in [0.05, 0.1) is 6.20 Å². The fraction of sp³-hybridized carbons (Fsp3) is 0.200. The third-order valence-electron chi connectivity index (χ3n) is 0.927. The lowest BCUT2D eigenvalue weighted by Crippen LogP contribution is -1.86. The number of hydrogen-bond acceptors (Lipinski definition) is 3. The number of aromatic nitrogens is 1. The van der Waals surface area contributed by atoms with Gasteiger partial charge >= 0.3 is 0 Å². The van der Waals surface area contributed by atoms with Crippen molar-refractivity contribution in [1.29, 1.82) is 0 Å². The van der Waals surface area contributed by atoms with Crippen molar-refractivity contribution in [2.45, 2.75) is 6.92 Å². The Morgan fingerprint density at radius 1 is 1.89 bits per heavy atom. The Bertz CT molecular complexity index is 231. The van der Waals surface area contributed by atoms with Crippen LogP contribution in [0.4, 0.5) is 0 Å². The molecule has 0 atom stereocenters. The quantitative estimate of drug-likeness (QED) is 0.561. The molecule has 0 saturated heterocycles. The van der Waals surface area contributed by atoms with Crippen LogP contribution in [0.1, 0.15) is 16.1 Å². The van der Waals surface area contributed by atoms with Gasteiger partial charge in [0.25, 0.3) is 5.24 Å². The number of carbonyl (C=O) groups excluding carboxylic acids is 1. The molecule has 0 aliphatic rings. The molecule has 1 aromatic heterocycles. The Kier molecular flexibility index (Phi) is 1.53. The van der Waals surface area contributed by atoms with E-state index in [0.717, 1.165) is 0 Å². The molecule has 4 heteroatoms. The third kappa shape index (κ3) is 1.10. The van der Waals surface area contributed by atoms with E-state index in [1.54, 1.807) is 6.92 Å². The van der Waals surface area contributed by atoms with Crippen LogP contribution in [0, 0.1) is 6.92 Å². The molecule has 0 aromatic carbocycles. The summed E-state index contributed by atoms with van der Waals surface area (Å²) in [4.78, 5) is 10.4. The third-order valence-corrected chi connectivity index (χ3v) is 1.10. The molecule has 0 aliphatic carbocycles. The lowest BCUT2D eigenvalue weighted by molar-refractivity contribution is 0.104. The molecule has 0 amide bonds. The van der Waals surface area contributed by atoms with E-state index in [4.69, 9.17) is 11.6 Å². The van der Waals surface area contributed by atoms with Crippen molar-refractivity contribution in [3.05, 3.63) is 17.5 Å². The topological polar surface area (TPSA) is 43.1 Å². The minimum atomic E-state index is -0.606. The molecular formula is C5H4ClNO2. The number of aryl methyl sites for hydroxylation is 1. The zero-order chi connectivity index (χ0) is 6.85. The number of rotatable bonds is 1. The second kappa shape index (κ2) is 2.19. The fourth-order valence-corrected chi connectivity index (χ4v) is 0.663. The molecule has 3 nitrogen and oxygen atoms in total. The largest absolute Gasteiger partial charge is 0.351 e. The second-order valence-corrected chi connectivity index (χ2v) is 1.95. The van der Waals surface area contributed by atoms with Gasteiger partial charge in [0.15, 0.2) is 0 Å². The van der Waals surface area contributed by atoms with Gasteiger partial charge in [-0.15, -0.1) is 0 Å². The molecule has 0 N–H and O–H groups in total. The Morgan fingerprint density at radius 3 is 2.78 bits per heavy atom. The first-order chi connectivity index (χ1) is 4.22. The highest BCUT2D eigenvalue weighted by atomic mass is 35.5. The molecule has 0 aliphatic heterocycles. The highest BCUT2D eigenvalue weighted by Crippen LogP contribution is 2.07. The Balaban J connectivity index is 3.08. The fourth-order valence-electron chi connectivity index (χ4n) is 0.480. The molecule has 1 heterocycles. The van der Waals surface area contributed by atoms with Crippen molar-refractivity contribution in [1.82, 2.24) is 5.16 Å². The van der Waals surface area contributed by atoms with Gasteiger partial charge in [0.2, 0.25) is 5.76 Å². The van der Waals surface area contributed by atoms with Gasteiger partial charge in [-0.25, -0.2) is 0 Å². The van der Waals surface area contributed by atoms with Gasteiger partial charge in [-0.2, -0.15) is 0 Å². The minimum absolute atomic E-state index is 0.122. The van der Waals surface area contributed by atoms with Gasteiger partial charge in [-0.1, -0.05) is 5.16 Å². The predicted octanol–water partition coefficient (Wildman–Crippen LogP) is 1.36. The van der Waals surface area contributed by atoms with Gasteiger partial charge < -0.3 is 4.52 Å². The van der Waals surface area contributed by atoms with Crippen LogP contribution in [0.2, 0.25) is 0 Å². The molecular weight excluding hydrogens is 142 g/mol.